The number of thiophene rings is 2. The van der Waals surface area contributed by atoms with E-state index in [0.717, 1.165) is 15.2 Å². The number of nitrogens with zero attached hydrogens (tertiary/aromatic N) is 1. The zero-order chi connectivity index (χ0) is 16.7. The number of carboxylic acid groups (broad SMARTS) is 1. The maximum absolute atomic E-state index is 12.9. The third-order valence-electron chi connectivity index (χ3n) is 4.16. The Balaban J connectivity index is 1.67. The number of fused-ring (bicyclic) bond motifs is 3. The molecule has 1 fully saturated rings. The van der Waals surface area contributed by atoms with Gasteiger partial charge < -0.3 is 10.0 Å². The molecule has 0 bridgehead atoms. The van der Waals surface area contributed by atoms with E-state index >= 15 is 0 Å². The summed E-state index contributed by atoms with van der Waals surface area (Å²) in [4.78, 5) is 26.5. The number of hydrogen-bond donors (Lipinski definition) is 1. The van der Waals surface area contributed by atoms with Gasteiger partial charge in [-0.2, -0.15) is 11.8 Å². The Kier molecular flexibility index (Phi) is 4.24. The second-order valence-corrected chi connectivity index (χ2v) is 9.01. The topological polar surface area (TPSA) is 57.6 Å². The van der Waals surface area contributed by atoms with E-state index in [4.69, 9.17) is 5.11 Å². The predicted molar refractivity (Wildman–Crippen MR) is 102 cm³/mol. The molecule has 0 radical (unpaired) electrons. The van der Waals surface area contributed by atoms with Gasteiger partial charge in [-0.3, -0.25) is 9.59 Å². The number of aliphatic carboxylic acids is 1. The van der Waals surface area contributed by atoms with Crippen LogP contribution < -0.4 is 0 Å². The fourth-order valence-electron chi connectivity index (χ4n) is 3.04. The minimum atomic E-state index is -0.849. The standard InChI is InChI=1S/C17H15NO3S3/c19-15(20)7-10-9-22-6-5-18(10)17(21)14-8-13-16(24-14)11-3-1-2-4-12(11)23-13/h1-4,8,10H,5-7,9H2,(H,19,20). The molecule has 3 heterocycles. The Morgan fingerprint density at radius 1 is 1.21 bits per heavy atom. The molecule has 1 amide bonds. The van der Waals surface area contributed by atoms with Crippen LogP contribution in [-0.2, 0) is 4.79 Å². The Labute approximate surface area is 151 Å². The molecule has 1 aliphatic heterocycles. The third-order valence-corrected chi connectivity index (χ3v) is 7.65. The Morgan fingerprint density at radius 3 is 2.88 bits per heavy atom. The summed E-state index contributed by atoms with van der Waals surface area (Å²) < 4.78 is 3.52. The van der Waals surface area contributed by atoms with Gasteiger partial charge in [-0.05, 0) is 12.1 Å². The number of hydrogen-bond acceptors (Lipinski definition) is 5. The van der Waals surface area contributed by atoms with Crippen molar-refractivity contribution in [1.82, 2.24) is 4.90 Å². The molecule has 1 N–H and O–H groups in total. The predicted octanol–water partition coefficient (Wildman–Crippen LogP) is 4.15. The molecule has 24 heavy (non-hydrogen) atoms. The van der Waals surface area contributed by atoms with Crippen molar-refractivity contribution in [1.29, 1.82) is 0 Å². The first-order valence-electron chi connectivity index (χ1n) is 7.65. The van der Waals surface area contributed by atoms with Gasteiger partial charge in [0.15, 0.2) is 0 Å². The maximum Gasteiger partial charge on any atom is 0.305 e. The van der Waals surface area contributed by atoms with Crippen LogP contribution in [0, 0.1) is 0 Å². The number of carboxylic acids is 1. The van der Waals surface area contributed by atoms with Gasteiger partial charge in [0.1, 0.15) is 0 Å². The molecule has 2 aromatic heterocycles. The Hall–Kier alpha value is -1.57. The van der Waals surface area contributed by atoms with Crippen molar-refractivity contribution in [3.8, 4) is 0 Å². The lowest BCUT2D eigenvalue weighted by Gasteiger charge is -2.34. The fourth-order valence-corrected chi connectivity index (χ4v) is 6.58. The smallest absolute Gasteiger partial charge is 0.305 e. The number of rotatable bonds is 3. The van der Waals surface area contributed by atoms with Crippen LogP contribution in [-0.4, -0.2) is 46.0 Å². The summed E-state index contributed by atoms with van der Waals surface area (Å²) in [5.74, 6) is 0.683. The van der Waals surface area contributed by atoms with E-state index in [1.807, 2.05) is 18.2 Å². The first kappa shape index (κ1) is 15.9. The molecular formula is C17H15NO3S3. The van der Waals surface area contributed by atoms with Crippen molar-refractivity contribution < 1.29 is 14.7 Å². The van der Waals surface area contributed by atoms with Crippen molar-refractivity contribution in [3.05, 3.63) is 35.2 Å². The van der Waals surface area contributed by atoms with Gasteiger partial charge in [-0.15, -0.1) is 22.7 Å². The normalized spacial score (nSPS) is 18.3. The molecule has 0 spiro atoms. The largest absolute Gasteiger partial charge is 0.481 e. The molecule has 7 heteroatoms. The average Bonchev–Trinajstić information content (AvgIpc) is 3.12. The van der Waals surface area contributed by atoms with Crippen molar-refractivity contribution in [2.45, 2.75) is 12.5 Å². The molecule has 1 saturated heterocycles. The van der Waals surface area contributed by atoms with Gasteiger partial charge in [-0.25, -0.2) is 0 Å². The van der Waals surface area contributed by atoms with Crippen molar-refractivity contribution in [2.24, 2.45) is 0 Å². The summed E-state index contributed by atoms with van der Waals surface area (Å²) in [6.45, 7) is 0.619. The van der Waals surface area contributed by atoms with Crippen LogP contribution in [0.25, 0.3) is 19.5 Å². The van der Waals surface area contributed by atoms with Gasteiger partial charge in [0, 0.05) is 32.8 Å². The van der Waals surface area contributed by atoms with E-state index in [-0.39, 0.29) is 18.4 Å². The Bertz CT molecular complexity index is 930. The van der Waals surface area contributed by atoms with E-state index in [9.17, 15) is 9.59 Å². The van der Waals surface area contributed by atoms with Crippen LogP contribution in [0.3, 0.4) is 0 Å². The molecule has 0 aliphatic carbocycles. The summed E-state index contributed by atoms with van der Waals surface area (Å²) >= 11 is 4.94. The van der Waals surface area contributed by atoms with Crippen LogP contribution in [0.5, 0.6) is 0 Å². The zero-order valence-electron chi connectivity index (χ0n) is 12.7. The maximum atomic E-state index is 12.9. The van der Waals surface area contributed by atoms with E-state index in [2.05, 4.69) is 12.1 Å². The lowest BCUT2D eigenvalue weighted by Crippen LogP contribution is -2.46. The third kappa shape index (κ3) is 2.81. The van der Waals surface area contributed by atoms with Gasteiger partial charge in [-0.1, -0.05) is 18.2 Å². The second kappa shape index (κ2) is 6.38. The molecule has 1 unspecified atom stereocenters. The van der Waals surface area contributed by atoms with Crippen LogP contribution in [0.1, 0.15) is 16.1 Å². The first-order chi connectivity index (χ1) is 11.6. The second-order valence-electron chi connectivity index (χ2n) is 5.73. The average molecular weight is 378 g/mol. The van der Waals surface area contributed by atoms with Gasteiger partial charge in [0.2, 0.25) is 0 Å². The van der Waals surface area contributed by atoms with Crippen LogP contribution in [0.4, 0.5) is 0 Å². The molecule has 1 aliphatic rings. The highest BCUT2D eigenvalue weighted by atomic mass is 32.2. The Morgan fingerprint density at radius 2 is 2.04 bits per heavy atom. The van der Waals surface area contributed by atoms with E-state index in [1.54, 1.807) is 28.0 Å². The molecule has 1 aromatic carbocycles. The highest BCUT2D eigenvalue weighted by Crippen LogP contribution is 2.40. The van der Waals surface area contributed by atoms with Crippen LogP contribution in [0.15, 0.2) is 30.3 Å². The molecule has 4 rings (SSSR count). The minimum Gasteiger partial charge on any atom is -0.481 e. The van der Waals surface area contributed by atoms with Crippen molar-refractivity contribution in [2.75, 3.05) is 18.1 Å². The van der Waals surface area contributed by atoms with Gasteiger partial charge in [0.05, 0.1) is 22.0 Å². The SMILES string of the molecule is O=C(O)CC1CSCCN1C(=O)c1cc2sc3ccccc3c2s1. The van der Waals surface area contributed by atoms with Crippen LogP contribution >= 0.6 is 34.4 Å². The summed E-state index contributed by atoms with van der Waals surface area (Å²) in [6, 6.07) is 9.97. The molecule has 0 saturated carbocycles. The van der Waals surface area contributed by atoms with E-state index < -0.39 is 5.97 Å². The van der Waals surface area contributed by atoms with Crippen molar-refractivity contribution >= 4 is 65.8 Å². The molecule has 1 atom stereocenters. The van der Waals surface area contributed by atoms with Crippen LogP contribution in [0.2, 0.25) is 0 Å². The van der Waals surface area contributed by atoms with Crippen molar-refractivity contribution in [3.63, 3.8) is 0 Å². The lowest BCUT2D eigenvalue weighted by atomic mass is 10.2. The first-order valence-corrected chi connectivity index (χ1v) is 10.4. The minimum absolute atomic E-state index is 0.0153. The number of benzene rings is 1. The van der Waals surface area contributed by atoms with Gasteiger partial charge >= 0.3 is 5.97 Å². The lowest BCUT2D eigenvalue weighted by molar-refractivity contribution is -0.138. The summed E-state index contributed by atoms with van der Waals surface area (Å²) in [5.41, 5.74) is 0. The monoisotopic (exact) mass is 377 g/mol. The highest BCUT2D eigenvalue weighted by molar-refractivity contribution is 7.99. The summed E-state index contributed by atoms with van der Waals surface area (Å²) in [6.07, 6.45) is 0.0153. The number of carbonyl (C=O) groups excluding carboxylic acids is 1. The number of amides is 1. The van der Waals surface area contributed by atoms with E-state index in [0.29, 0.717) is 17.2 Å². The van der Waals surface area contributed by atoms with E-state index in [1.165, 1.54) is 21.4 Å². The molecule has 124 valence electrons. The number of carbonyl (C=O) groups is 2. The molecular weight excluding hydrogens is 362 g/mol. The quantitative estimate of drug-likeness (QED) is 0.745. The van der Waals surface area contributed by atoms with Gasteiger partial charge in [0.25, 0.3) is 5.91 Å². The molecule has 3 aromatic rings. The number of thioether (sulfide) groups is 1. The fraction of sp³-hybridized carbons (Fsp3) is 0.294. The highest BCUT2D eigenvalue weighted by Gasteiger charge is 2.30. The summed E-state index contributed by atoms with van der Waals surface area (Å²) in [5, 5.41) is 10.3. The zero-order valence-corrected chi connectivity index (χ0v) is 15.2. The molecule has 4 nitrogen and oxygen atoms in total. The summed E-state index contributed by atoms with van der Waals surface area (Å²) in [7, 11) is 0.